The minimum atomic E-state index is -0.230. The average molecular weight is 427 g/mol. The Labute approximate surface area is 181 Å². The largest absolute Gasteiger partial charge is 0.337 e. The molecule has 0 unspecified atom stereocenters. The highest BCUT2D eigenvalue weighted by Crippen LogP contribution is 2.32. The van der Waals surface area contributed by atoms with Gasteiger partial charge < -0.3 is 10.2 Å². The van der Waals surface area contributed by atoms with Crippen molar-refractivity contribution in [1.82, 2.24) is 9.88 Å². The van der Waals surface area contributed by atoms with E-state index in [9.17, 15) is 9.18 Å². The summed E-state index contributed by atoms with van der Waals surface area (Å²) < 4.78 is 14.5. The first-order valence-corrected chi connectivity index (χ1v) is 11.5. The lowest BCUT2D eigenvalue weighted by Crippen LogP contribution is -2.88. The lowest BCUT2D eigenvalue weighted by Gasteiger charge is -2.32. The number of para-hydroxylation sites is 1. The van der Waals surface area contributed by atoms with Gasteiger partial charge in [-0.1, -0.05) is 38.1 Å². The summed E-state index contributed by atoms with van der Waals surface area (Å²) in [6, 6.07) is 15.0. The van der Waals surface area contributed by atoms with E-state index in [0.717, 1.165) is 42.0 Å². The minimum Gasteiger partial charge on any atom is -0.337 e. The maximum atomic E-state index is 13.3. The number of piperidine rings is 1. The zero-order valence-electron chi connectivity index (χ0n) is 17.6. The molecule has 2 atom stereocenters. The van der Waals surface area contributed by atoms with Crippen LogP contribution in [0.5, 0.6) is 0 Å². The van der Waals surface area contributed by atoms with E-state index < -0.39 is 0 Å². The summed E-state index contributed by atoms with van der Waals surface area (Å²) in [5.41, 5.74) is 2.11. The van der Waals surface area contributed by atoms with Crippen molar-refractivity contribution in [3.05, 3.63) is 64.9 Å². The molecule has 4 nitrogen and oxygen atoms in total. The Balaban J connectivity index is 1.39. The van der Waals surface area contributed by atoms with E-state index in [2.05, 4.69) is 31.3 Å². The minimum absolute atomic E-state index is 0.138. The first-order valence-electron chi connectivity index (χ1n) is 10.7. The maximum absolute atomic E-state index is 13.3. The lowest BCUT2D eigenvalue weighted by molar-refractivity contribution is -0.692. The quantitative estimate of drug-likeness (QED) is 0.645. The second kappa shape index (κ2) is 9.23. The smallest absolute Gasteiger partial charge is 0.277 e. The van der Waals surface area contributed by atoms with Gasteiger partial charge in [-0.25, -0.2) is 9.37 Å². The van der Waals surface area contributed by atoms with Crippen LogP contribution in [0.2, 0.25) is 0 Å². The number of likely N-dealkylation sites (tertiary alicyclic amines) is 1. The van der Waals surface area contributed by atoms with Gasteiger partial charge in [0.15, 0.2) is 6.54 Å². The summed E-state index contributed by atoms with van der Waals surface area (Å²) in [5, 5.41) is 3.24. The maximum Gasteiger partial charge on any atom is 0.277 e. The third kappa shape index (κ3) is 4.71. The predicted molar refractivity (Wildman–Crippen MR) is 119 cm³/mol. The molecular weight excluding hydrogens is 397 g/mol. The first-order chi connectivity index (χ1) is 14.5. The molecule has 1 amide bonds. The molecule has 0 radical (unpaired) electrons. The fourth-order valence-corrected chi connectivity index (χ4v) is 5.40. The van der Waals surface area contributed by atoms with E-state index in [1.165, 1.54) is 16.8 Å². The summed E-state index contributed by atoms with van der Waals surface area (Å²) in [7, 11) is 0. The van der Waals surface area contributed by atoms with Gasteiger partial charge in [0.05, 0.1) is 15.2 Å². The number of halogens is 1. The van der Waals surface area contributed by atoms with Crippen molar-refractivity contribution in [3.8, 4) is 0 Å². The molecule has 3 aromatic rings. The third-order valence-corrected chi connectivity index (χ3v) is 7.15. The van der Waals surface area contributed by atoms with E-state index in [-0.39, 0.29) is 17.8 Å². The topological polar surface area (TPSA) is 49.8 Å². The molecule has 1 fully saturated rings. The van der Waals surface area contributed by atoms with Crippen LogP contribution in [0.15, 0.2) is 48.5 Å². The number of carbonyl (C=O) groups is 1. The molecule has 1 aliphatic heterocycles. The molecule has 2 heterocycles. The van der Waals surface area contributed by atoms with E-state index >= 15 is 0 Å². The summed E-state index contributed by atoms with van der Waals surface area (Å²) in [6.07, 6.45) is 2.09. The number of rotatable bonds is 6. The molecule has 0 saturated carbocycles. The molecule has 1 aromatic heterocycles. The molecule has 0 spiro atoms. The Hall–Kier alpha value is -2.31. The van der Waals surface area contributed by atoms with Crippen LogP contribution >= 0.6 is 11.3 Å². The van der Waals surface area contributed by atoms with Gasteiger partial charge in [-0.2, -0.15) is 0 Å². The van der Waals surface area contributed by atoms with Crippen molar-refractivity contribution in [2.24, 2.45) is 5.92 Å². The van der Waals surface area contributed by atoms with Gasteiger partial charge in [-0.3, -0.25) is 4.79 Å². The van der Waals surface area contributed by atoms with Crippen LogP contribution in [-0.4, -0.2) is 35.4 Å². The fourth-order valence-electron chi connectivity index (χ4n) is 4.30. The number of amides is 1. The van der Waals surface area contributed by atoms with Gasteiger partial charge in [0, 0.05) is 30.5 Å². The monoisotopic (exact) mass is 426 g/mol. The zero-order chi connectivity index (χ0) is 21.1. The van der Waals surface area contributed by atoms with Crippen molar-refractivity contribution in [3.63, 3.8) is 0 Å². The van der Waals surface area contributed by atoms with Crippen LogP contribution in [0, 0.1) is 11.7 Å². The van der Waals surface area contributed by atoms with Crippen LogP contribution in [0.1, 0.15) is 49.2 Å². The van der Waals surface area contributed by atoms with E-state index in [0.29, 0.717) is 18.4 Å². The van der Waals surface area contributed by atoms with Gasteiger partial charge in [0.2, 0.25) is 0 Å². The molecule has 0 aliphatic carbocycles. The summed E-state index contributed by atoms with van der Waals surface area (Å²) in [6.45, 7) is 6.25. The van der Waals surface area contributed by atoms with E-state index in [1.54, 1.807) is 11.3 Å². The number of quaternary nitrogens is 1. The van der Waals surface area contributed by atoms with Crippen LogP contribution in [-0.2, 0) is 4.79 Å². The molecule has 6 heteroatoms. The molecule has 2 aromatic carbocycles. The molecule has 1 saturated heterocycles. The highest BCUT2D eigenvalue weighted by Gasteiger charge is 2.29. The molecule has 0 bridgehead atoms. The average Bonchev–Trinajstić information content (AvgIpc) is 3.19. The van der Waals surface area contributed by atoms with Gasteiger partial charge >= 0.3 is 0 Å². The molecule has 1 aliphatic rings. The normalized spacial score (nSPS) is 18.1. The predicted octanol–water partition coefficient (Wildman–Crippen LogP) is 4.10. The van der Waals surface area contributed by atoms with Crippen LogP contribution in [0.25, 0.3) is 10.2 Å². The van der Waals surface area contributed by atoms with Crippen LogP contribution in [0.4, 0.5) is 4.39 Å². The van der Waals surface area contributed by atoms with Crippen molar-refractivity contribution in [1.29, 1.82) is 0 Å². The summed E-state index contributed by atoms with van der Waals surface area (Å²) in [5.74, 6) is 0.610. The van der Waals surface area contributed by atoms with E-state index in [4.69, 9.17) is 4.98 Å². The standard InChI is InChI=1S/C24H28FN3OS/c1-16(2)23(17-9-11-19(25)12-10-17)26-14-22(29)28-13-5-6-18(15-28)24-27-20-7-3-4-8-21(20)30-24/h3-4,7-12,16,18,23,26H,5-6,13-15H2,1-2H3/p+1/t18-,23-/m1/s1. The number of hydrogen-bond donors (Lipinski definition) is 1. The molecule has 4 rings (SSSR count). The molecular formula is C24H29FN3OS+. The Bertz CT molecular complexity index is 968. The number of nitrogens with two attached hydrogens (primary N) is 1. The first kappa shape index (κ1) is 20.9. The Kier molecular flexibility index (Phi) is 6.44. The SMILES string of the molecule is CC(C)[C@@H]([NH2+]CC(=O)N1CCC[C@@H](c2nc3ccccc3s2)C1)c1ccc(F)cc1. The van der Waals surface area contributed by atoms with Crippen LogP contribution in [0.3, 0.4) is 0 Å². The third-order valence-electron chi connectivity index (χ3n) is 5.95. The second-order valence-corrected chi connectivity index (χ2v) is 9.52. The lowest BCUT2D eigenvalue weighted by atomic mass is 9.96. The number of fused-ring (bicyclic) bond motifs is 1. The zero-order valence-corrected chi connectivity index (χ0v) is 18.4. The molecule has 2 N–H and O–H groups in total. The molecule has 158 valence electrons. The Morgan fingerprint density at radius 1 is 1.23 bits per heavy atom. The Morgan fingerprint density at radius 3 is 2.73 bits per heavy atom. The van der Waals surface area contributed by atoms with Crippen molar-refractivity contribution in [2.75, 3.05) is 19.6 Å². The Morgan fingerprint density at radius 2 is 2.00 bits per heavy atom. The van der Waals surface area contributed by atoms with Crippen molar-refractivity contribution < 1.29 is 14.5 Å². The number of aromatic nitrogens is 1. The number of benzene rings is 2. The van der Waals surface area contributed by atoms with Crippen molar-refractivity contribution in [2.45, 2.75) is 38.6 Å². The van der Waals surface area contributed by atoms with Gasteiger partial charge in [0.25, 0.3) is 5.91 Å². The highest BCUT2D eigenvalue weighted by molar-refractivity contribution is 7.18. The van der Waals surface area contributed by atoms with Gasteiger partial charge in [-0.15, -0.1) is 11.3 Å². The van der Waals surface area contributed by atoms with Crippen molar-refractivity contribution >= 4 is 27.5 Å². The molecule has 30 heavy (non-hydrogen) atoms. The summed E-state index contributed by atoms with van der Waals surface area (Å²) in [4.78, 5) is 19.8. The highest BCUT2D eigenvalue weighted by atomic mass is 32.1. The van der Waals surface area contributed by atoms with Gasteiger partial charge in [0.1, 0.15) is 11.9 Å². The number of hydrogen-bond acceptors (Lipinski definition) is 3. The van der Waals surface area contributed by atoms with E-state index in [1.807, 2.05) is 29.2 Å². The van der Waals surface area contributed by atoms with Crippen LogP contribution < -0.4 is 5.32 Å². The fraction of sp³-hybridized carbons (Fsp3) is 0.417. The second-order valence-electron chi connectivity index (χ2n) is 8.46. The number of carbonyl (C=O) groups excluding carboxylic acids is 1. The summed E-state index contributed by atoms with van der Waals surface area (Å²) >= 11 is 1.75. The number of thiazole rings is 1. The number of nitrogens with zero attached hydrogens (tertiary/aromatic N) is 2. The van der Waals surface area contributed by atoms with Gasteiger partial charge in [-0.05, 0) is 37.1 Å².